The van der Waals surface area contributed by atoms with Gasteiger partial charge < -0.3 is 14.9 Å². The second kappa shape index (κ2) is 12.2. The molecule has 34 heavy (non-hydrogen) atoms. The zero-order valence-corrected chi connectivity index (χ0v) is 21.8. The van der Waals surface area contributed by atoms with Gasteiger partial charge in [-0.05, 0) is 39.0 Å². The molecule has 190 valence electrons. The van der Waals surface area contributed by atoms with E-state index in [1.54, 1.807) is 26.2 Å². The maximum atomic E-state index is 15.1. The summed E-state index contributed by atoms with van der Waals surface area (Å²) in [4.78, 5) is 30.0. The van der Waals surface area contributed by atoms with Crippen LogP contribution < -0.4 is 0 Å². The first-order chi connectivity index (χ1) is 15.8. The molecule has 1 aliphatic rings. The number of hydrogen-bond donors (Lipinski definition) is 2. The number of aromatic nitrogens is 1. The van der Waals surface area contributed by atoms with Crippen LogP contribution in [0.3, 0.4) is 0 Å². The number of cyclic esters (lactones) is 1. The highest BCUT2D eigenvalue weighted by Gasteiger charge is 2.42. The Labute approximate surface area is 205 Å². The number of aliphatic hydroxyl groups is 2. The van der Waals surface area contributed by atoms with E-state index < -0.39 is 47.9 Å². The van der Waals surface area contributed by atoms with E-state index in [2.05, 4.69) is 4.98 Å². The van der Waals surface area contributed by atoms with Crippen LogP contribution in [-0.4, -0.2) is 45.3 Å². The topological polar surface area (TPSA) is 96.7 Å². The summed E-state index contributed by atoms with van der Waals surface area (Å²) in [7, 11) is 0. The molecule has 0 saturated heterocycles. The summed E-state index contributed by atoms with van der Waals surface area (Å²) in [6.45, 7) is 10.4. The van der Waals surface area contributed by atoms with Crippen LogP contribution in [0.25, 0.3) is 6.08 Å². The van der Waals surface area contributed by atoms with Gasteiger partial charge in [-0.25, -0.2) is 9.37 Å². The van der Waals surface area contributed by atoms with Gasteiger partial charge in [0.2, 0.25) is 0 Å². The number of carbonyl (C=O) groups excluding carboxylic acids is 2. The number of halogens is 1. The second-order valence-corrected chi connectivity index (χ2v) is 11.1. The molecule has 0 radical (unpaired) electrons. The molecule has 2 N–H and O–H groups in total. The number of ether oxygens (including phenoxy) is 1. The summed E-state index contributed by atoms with van der Waals surface area (Å²) in [6.07, 6.45) is 1.75. The fourth-order valence-corrected chi connectivity index (χ4v) is 4.77. The van der Waals surface area contributed by atoms with Gasteiger partial charge in [-0.15, -0.1) is 11.3 Å². The Kier molecular flexibility index (Phi) is 10.2. The molecule has 2 rings (SSSR count). The molecular formula is C26H38FNO5S. The lowest BCUT2D eigenvalue weighted by Crippen LogP contribution is -2.45. The molecule has 0 amide bonds. The number of thiazole rings is 1. The smallest absolute Gasteiger partial charge is 0.309 e. The number of aryl methyl sites for hydroxylation is 1. The van der Waals surface area contributed by atoms with Gasteiger partial charge in [0, 0.05) is 23.8 Å². The van der Waals surface area contributed by atoms with Crippen molar-refractivity contribution in [1.29, 1.82) is 0 Å². The zero-order valence-electron chi connectivity index (χ0n) is 21.0. The van der Waals surface area contributed by atoms with Gasteiger partial charge >= 0.3 is 5.97 Å². The first-order valence-electron chi connectivity index (χ1n) is 11.9. The summed E-state index contributed by atoms with van der Waals surface area (Å²) >= 11 is 1.40. The third-order valence-electron chi connectivity index (χ3n) is 6.75. The van der Waals surface area contributed by atoms with Crippen LogP contribution in [0, 0.1) is 24.2 Å². The van der Waals surface area contributed by atoms with Gasteiger partial charge in [0.15, 0.2) is 6.10 Å². The minimum Gasteiger partial charge on any atom is -0.455 e. The molecule has 0 spiro atoms. The van der Waals surface area contributed by atoms with E-state index in [0.29, 0.717) is 5.69 Å². The van der Waals surface area contributed by atoms with Crippen molar-refractivity contribution in [2.75, 3.05) is 0 Å². The van der Waals surface area contributed by atoms with Crippen LogP contribution in [0.5, 0.6) is 0 Å². The van der Waals surface area contributed by atoms with Crippen LogP contribution in [0.4, 0.5) is 4.39 Å². The van der Waals surface area contributed by atoms with E-state index in [1.165, 1.54) is 17.4 Å². The van der Waals surface area contributed by atoms with Crippen molar-refractivity contribution in [3.63, 3.8) is 0 Å². The first-order valence-corrected chi connectivity index (χ1v) is 12.8. The van der Waals surface area contributed by atoms with E-state index in [4.69, 9.17) is 4.74 Å². The highest BCUT2D eigenvalue weighted by molar-refractivity contribution is 7.09. The highest BCUT2D eigenvalue weighted by Crippen LogP contribution is 2.32. The van der Waals surface area contributed by atoms with E-state index in [0.717, 1.165) is 29.8 Å². The number of carbonyl (C=O) groups is 2. The normalized spacial score (nSPS) is 32.1. The van der Waals surface area contributed by atoms with Crippen molar-refractivity contribution in [2.24, 2.45) is 17.3 Å². The summed E-state index contributed by atoms with van der Waals surface area (Å²) < 4.78 is 20.5. The van der Waals surface area contributed by atoms with Gasteiger partial charge in [0.25, 0.3) is 0 Å². The second-order valence-electron chi connectivity index (χ2n) is 10.0. The molecule has 6 nitrogen and oxygen atoms in total. The average molecular weight is 496 g/mol. The Hall–Kier alpha value is -1.90. The highest BCUT2D eigenvalue weighted by atomic mass is 32.1. The average Bonchev–Trinajstić information content (AvgIpc) is 3.18. The minimum absolute atomic E-state index is 0.104. The molecular weight excluding hydrogens is 457 g/mol. The largest absolute Gasteiger partial charge is 0.455 e. The number of allylic oxidation sites excluding steroid dienone is 1. The van der Waals surface area contributed by atoms with Crippen LogP contribution in [-0.2, 0) is 14.3 Å². The molecule has 2 heterocycles. The number of Topliss-reactive ketones (excluding diaryl/α,β-unsaturated/α-hetero) is 1. The van der Waals surface area contributed by atoms with Crippen molar-refractivity contribution in [3.8, 4) is 0 Å². The van der Waals surface area contributed by atoms with Crippen molar-refractivity contribution in [2.45, 2.75) is 92.0 Å². The van der Waals surface area contributed by atoms with Gasteiger partial charge in [-0.1, -0.05) is 39.3 Å². The number of ketones is 1. The van der Waals surface area contributed by atoms with Gasteiger partial charge in [0.05, 0.1) is 34.7 Å². The first kappa shape index (κ1) is 28.3. The Morgan fingerprint density at radius 3 is 2.56 bits per heavy atom. The Balaban J connectivity index is 2.33. The molecule has 1 unspecified atom stereocenters. The Bertz CT molecular complexity index is 922. The lowest BCUT2D eigenvalue weighted by Gasteiger charge is -2.34. The van der Waals surface area contributed by atoms with Crippen molar-refractivity contribution in [3.05, 3.63) is 33.6 Å². The number of nitrogens with zero attached hydrogens (tertiary/aromatic N) is 1. The number of aliphatic hydroxyl groups excluding tert-OH is 2. The van der Waals surface area contributed by atoms with Gasteiger partial charge in [-0.2, -0.15) is 0 Å². The standard InChI is InChI=1S/C26H38FNO5S/c1-15-8-7-9-16(2)24(31)17(3)25(32)26(5,6)22(29)13-23(30)33-21(11-10-15)20(27)12-19-14-34-18(4)28-19/h10,12,14,16-17,21-22,24,29,31H,7-9,11,13H2,1-6H3/b15-10+,20-12-/t16-,17+,21?,22-,24-/m0/s1. The van der Waals surface area contributed by atoms with E-state index >= 15 is 4.39 Å². The molecule has 0 saturated carbocycles. The Morgan fingerprint density at radius 1 is 1.26 bits per heavy atom. The maximum absolute atomic E-state index is 15.1. The number of hydrogen-bond acceptors (Lipinski definition) is 7. The third-order valence-corrected chi connectivity index (χ3v) is 7.54. The van der Waals surface area contributed by atoms with Crippen LogP contribution in [0.2, 0.25) is 0 Å². The lowest BCUT2D eigenvalue weighted by molar-refractivity contribution is -0.154. The summed E-state index contributed by atoms with van der Waals surface area (Å²) in [5, 5.41) is 24.0. The quantitative estimate of drug-likeness (QED) is 0.434. The van der Waals surface area contributed by atoms with Crippen LogP contribution >= 0.6 is 11.3 Å². The molecule has 1 aromatic heterocycles. The van der Waals surface area contributed by atoms with Crippen molar-refractivity contribution in [1.82, 2.24) is 4.98 Å². The van der Waals surface area contributed by atoms with Crippen LogP contribution in [0.15, 0.2) is 22.9 Å². The molecule has 8 heteroatoms. The lowest BCUT2D eigenvalue weighted by atomic mass is 9.73. The SMILES string of the molecule is C/C1=C\CC(/C(F)=C/c2csc(C)n2)OC(=O)C[C@H](O)C(C)(C)C(=O)[C@H](C)[C@@H](O)[C@@H](C)CCC1. The predicted octanol–water partition coefficient (Wildman–Crippen LogP) is 5.17. The summed E-state index contributed by atoms with van der Waals surface area (Å²) in [6, 6.07) is 0. The molecule has 1 aromatic rings. The number of rotatable bonds is 2. The van der Waals surface area contributed by atoms with Gasteiger partial charge in [0.1, 0.15) is 11.6 Å². The number of esters is 1. The van der Waals surface area contributed by atoms with E-state index in [9.17, 15) is 19.8 Å². The maximum Gasteiger partial charge on any atom is 0.309 e. The van der Waals surface area contributed by atoms with Gasteiger partial charge in [-0.3, -0.25) is 9.59 Å². The van der Waals surface area contributed by atoms with Crippen LogP contribution in [0.1, 0.15) is 77.4 Å². The molecule has 0 aromatic carbocycles. The fraction of sp³-hybridized carbons (Fsp3) is 0.654. The zero-order chi connectivity index (χ0) is 25.6. The molecule has 5 atom stereocenters. The molecule has 0 aliphatic carbocycles. The fourth-order valence-electron chi connectivity index (χ4n) is 4.20. The molecule has 0 bridgehead atoms. The van der Waals surface area contributed by atoms with E-state index in [-0.39, 0.29) is 18.1 Å². The molecule has 1 aliphatic heterocycles. The monoisotopic (exact) mass is 495 g/mol. The van der Waals surface area contributed by atoms with Crippen molar-refractivity contribution < 1.29 is 28.9 Å². The summed E-state index contributed by atoms with van der Waals surface area (Å²) in [5.41, 5.74) is 0.198. The third kappa shape index (κ3) is 7.55. The van der Waals surface area contributed by atoms with Crippen molar-refractivity contribution >= 4 is 29.2 Å². The Morgan fingerprint density at radius 2 is 1.94 bits per heavy atom. The predicted molar refractivity (Wildman–Crippen MR) is 132 cm³/mol. The van der Waals surface area contributed by atoms with E-state index in [1.807, 2.05) is 26.8 Å². The molecule has 0 fully saturated rings. The minimum atomic E-state index is -1.34. The summed E-state index contributed by atoms with van der Waals surface area (Å²) in [5.74, 6) is -2.55.